The van der Waals surface area contributed by atoms with Crippen molar-refractivity contribution in [2.45, 2.75) is 12.8 Å². The van der Waals surface area contributed by atoms with Gasteiger partial charge in [-0.05, 0) is 36.8 Å². The minimum absolute atomic E-state index is 0.198. The molecule has 0 N–H and O–H groups in total. The lowest BCUT2D eigenvalue weighted by Crippen LogP contribution is -2.01. The lowest BCUT2D eigenvalue weighted by molar-refractivity contribution is 0.625. The third-order valence-corrected chi connectivity index (χ3v) is 3.38. The number of pyridine rings is 1. The monoisotopic (exact) mass is 309 g/mol. The summed E-state index contributed by atoms with van der Waals surface area (Å²) in [5, 5.41) is 0.499. The molecule has 0 aliphatic heterocycles. The lowest BCUT2D eigenvalue weighted by Gasteiger charge is -2.08. The van der Waals surface area contributed by atoms with Crippen molar-refractivity contribution >= 4 is 34.4 Å². The smallest absolute Gasteiger partial charge is 0.164 e. The van der Waals surface area contributed by atoms with Crippen molar-refractivity contribution in [2.24, 2.45) is 0 Å². The summed E-state index contributed by atoms with van der Waals surface area (Å²) in [6.07, 6.45) is 1.53. The highest BCUT2D eigenvalue weighted by molar-refractivity contribution is 6.31. The molecule has 102 valence electrons. The topological polar surface area (TPSA) is 30.7 Å². The summed E-state index contributed by atoms with van der Waals surface area (Å²) in [4.78, 5) is 8.66. The summed E-state index contributed by atoms with van der Waals surface area (Å²) in [5.41, 5.74) is 2.71. The predicted molar refractivity (Wildman–Crippen MR) is 78.1 cm³/mol. The molecule has 0 atom stereocenters. The third kappa shape index (κ3) is 2.25. The summed E-state index contributed by atoms with van der Waals surface area (Å²) < 4.78 is 15.4. The van der Waals surface area contributed by atoms with Crippen molar-refractivity contribution in [1.29, 1.82) is 0 Å². The standard InChI is InChI=1S/C14H10Cl2FN3/c1-8-2-10(17)5-11(3-8)20-13(6-15)19-12-4-9(16)7-18-14(12)20/h2-5,7H,6H2,1H3. The molecular weight excluding hydrogens is 300 g/mol. The van der Waals surface area contributed by atoms with Gasteiger partial charge in [-0.1, -0.05) is 11.6 Å². The van der Waals surface area contributed by atoms with Gasteiger partial charge in [-0.2, -0.15) is 0 Å². The molecule has 3 aromatic rings. The predicted octanol–water partition coefficient (Wildman–Crippen LogP) is 4.26. The number of rotatable bonds is 2. The van der Waals surface area contributed by atoms with Gasteiger partial charge >= 0.3 is 0 Å². The van der Waals surface area contributed by atoms with Crippen LogP contribution in [-0.2, 0) is 5.88 Å². The van der Waals surface area contributed by atoms with Crippen molar-refractivity contribution in [2.75, 3.05) is 0 Å². The van der Waals surface area contributed by atoms with Gasteiger partial charge in [0.05, 0.1) is 16.6 Å². The fraction of sp³-hybridized carbons (Fsp3) is 0.143. The Morgan fingerprint density at radius 1 is 1.25 bits per heavy atom. The van der Waals surface area contributed by atoms with Gasteiger partial charge in [-0.25, -0.2) is 14.4 Å². The molecule has 0 saturated carbocycles. The van der Waals surface area contributed by atoms with E-state index in [0.29, 0.717) is 27.7 Å². The van der Waals surface area contributed by atoms with E-state index in [0.717, 1.165) is 5.56 Å². The Hall–Kier alpha value is -1.65. The van der Waals surface area contributed by atoms with Crippen LogP contribution < -0.4 is 0 Å². The van der Waals surface area contributed by atoms with E-state index in [2.05, 4.69) is 9.97 Å². The molecule has 0 fully saturated rings. The first-order valence-electron chi connectivity index (χ1n) is 5.95. The molecule has 0 aliphatic rings. The van der Waals surface area contributed by atoms with Crippen LogP contribution in [0.4, 0.5) is 4.39 Å². The first-order valence-corrected chi connectivity index (χ1v) is 6.86. The Balaban J connectivity index is 2.33. The van der Waals surface area contributed by atoms with Crippen LogP contribution in [0.5, 0.6) is 0 Å². The Kier molecular flexibility index (Phi) is 3.36. The van der Waals surface area contributed by atoms with Crippen LogP contribution in [0.2, 0.25) is 5.02 Å². The van der Waals surface area contributed by atoms with Gasteiger partial charge in [0.15, 0.2) is 5.65 Å². The van der Waals surface area contributed by atoms with E-state index in [1.165, 1.54) is 18.3 Å². The van der Waals surface area contributed by atoms with Crippen molar-refractivity contribution in [3.63, 3.8) is 0 Å². The van der Waals surface area contributed by atoms with Gasteiger partial charge in [-0.15, -0.1) is 11.6 Å². The second-order valence-corrected chi connectivity index (χ2v) is 5.18. The highest BCUT2D eigenvalue weighted by Crippen LogP contribution is 2.24. The maximum atomic E-state index is 13.6. The fourth-order valence-electron chi connectivity index (χ4n) is 2.19. The van der Waals surface area contributed by atoms with Crippen LogP contribution in [0.15, 0.2) is 30.5 Å². The molecule has 0 spiro atoms. The maximum Gasteiger partial charge on any atom is 0.164 e. The first kappa shape index (κ1) is 13.3. The Morgan fingerprint density at radius 3 is 2.75 bits per heavy atom. The van der Waals surface area contributed by atoms with Crippen LogP contribution in [0, 0.1) is 12.7 Å². The van der Waals surface area contributed by atoms with Gasteiger partial charge < -0.3 is 0 Å². The zero-order chi connectivity index (χ0) is 14.3. The molecule has 3 nitrogen and oxygen atoms in total. The van der Waals surface area contributed by atoms with Crippen LogP contribution >= 0.6 is 23.2 Å². The number of fused-ring (bicyclic) bond motifs is 1. The molecule has 3 rings (SSSR count). The molecule has 1 aromatic carbocycles. The summed E-state index contributed by atoms with van der Waals surface area (Å²) in [5.74, 6) is 0.488. The molecule has 20 heavy (non-hydrogen) atoms. The van der Waals surface area contributed by atoms with E-state index in [4.69, 9.17) is 23.2 Å². The van der Waals surface area contributed by atoms with Gasteiger partial charge in [0.2, 0.25) is 0 Å². The molecule has 2 heterocycles. The van der Waals surface area contributed by atoms with E-state index >= 15 is 0 Å². The molecular formula is C14H10Cl2FN3. The lowest BCUT2D eigenvalue weighted by atomic mass is 10.2. The number of imidazole rings is 1. The average molecular weight is 310 g/mol. The van der Waals surface area contributed by atoms with E-state index in [-0.39, 0.29) is 11.7 Å². The first-order chi connectivity index (χ1) is 9.58. The van der Waals surface area contributed by atoms with Crippen LogP contribution in [0.25, 0.3) is 16.9 Å². The number of nitrogens with zero attached hydrogens (tertiary/aromatic N) is 3. The fourth-order valence-corrected chi connectivity index (χ4v) is 2.53. The summed E-state index contributed by atoms with van der Waals surface area (Å²) >= 11 is 11.9. The highest BCUT2D eigenvalue weighted by atomic mass is 35.5. The largest absolute Gasteiger partial charge is 0.280 e. The molecule has 0 unspecified atom stereocenters. The second kappa shape index (κ2) is 5.04. The van der Waals surface area contributed by atoms with Crippen LogP contribution in [0.1, 0.15) is 11.4 Å². The molecule has 0 bridgehead atoms. The molecule has 6 heteroatoms. The normalized spacial score (nSPS) is 11.2. The minimum atomic E-state index is -0.309. The van der Waals surface area contributed by atoms with E-state index in [9.17, 15) is 4.39 Å². The van der Waals surface area contributed by atoms with Gasteiger partial charge in [0.25, 0.3) is 0 Å². The number of halogens is 3. The highest BCUT2D eigenvalue weighted by Gasteiger charge is 2.14. The number of benzene rings is 1. The second-order valence-electron chi connectivity index (χ2n) is 4.48. The van der Waals surface area contributed by atoms with E-state index in [1.807, 2.05) is 13.0 Å². The average Bonchev–Trinajstić information content (AvgIpc) is 2.74. The van der Waals surface area contributed by atoms with Gasteiger partial charge in [0, 0.05) is 6.20 Å². The molecule has 0 radical (unpaired) electrons. The number of aryl methyl sites for hydroxylation is 1. The van der Waals surface area contributed by atoms with Crippen molar-refractivity contribution < 1.29 is 4.39 Å². The molecule has 0 saturated heterocycles. The van der Waals surface area contributed by atoms with Crippen molar-refractivity contribution in [1.82, 2.24) is 14.5 Å². The molecule has 0 aliphatic carbocycles. The zero-order valence-corrected chi connectivity index (χ0v) is 12.1. The number of aromatic nitrogens is 3. The Morgan fingerprint density at radius 2 is 2.05 bits per heavy atom. The van der Waals surface area contributed by atoms with E-state index < -0.39 is 0 Å². The molecule has 0 amide bonds. The summed E-state index contributed by atoms with van der Waals surface area (Å²) in [6.45, 7) is 1.83. The van der Waals surface area contributed by atoms with Crippen LogP contribution in [0.3, 0.4) is 0 Å². The van der Waals surface area contributed by atoms with E-state index in [1.54, 1.807) is 10.6 Å². The van der Waals surface area contributed by atoms with Gasteiger partial charge in [-0.3, -0.25) is 4.57 Å². The number of hydrogen-bond acceptors (Lipinski definition) is 2. The number of alkyl halides is 1. The third-order valence-electron chi connectivity index (χ3n) is 2.94. The summed E-state index contributed by atoms with van der Waals surface area (Å²) in [6, 6.07) is 6.47. The van der Waals surface area contributed by atoms with Crippen LogP contribution in [-0.4, -0.2) is 14.5 Å². The number of hydrogen-bond donors (Lipinski definition) is 0. The SMILES string of the molecule is Cc1cc(F)cc(-n2c(CCl)nc3cc(Cl)cnc32)c1. The van der Waals surface area contributed by atoms with Crippen molar-refractivity contribution in [3.8, 4) is 5.69 Å². The minimum Gasteiger partial charge on any atom is -0.280 e. The Bertz CT molecular complexity index is 778. The molecule has 2 aromatic heterocycles. The van der Waals surface area contributed by atoms with Gasteiger partial charge in [0.1, 0.15) is 17.2 Å². The Labute approximate surface area is 125 Å². The zero-order valence-electron chi connectivity index (χ0n) is 10.6. The van der Waals surface area contributed by atoms with Crippen molar-refractivity contribution in [3.05, 3.63) is 52.7 Å². The maximum absolute atomic E-state index is 13.6. The quantitative estimate of drug-likeness (QED) is 0.662. The summed E-state index contributed by atoms with van der Waals surface area (Å²) in [7, 11) is 0.